The van der Waals surface area contributed by atoms with Gasteiger partial charge in [0.15, 0.2) is 0 Å². The fourth-order valence-corrected chi connectivity index (χ4v) is 2.56. The highest BCUT2D eigenvalue weighted by Crippen LogP contribution is 2.48. The first-order valence-electron chi connectivity index (χ1n) is 4.21. The molecule has 2 N–H and O–H groups in total. The van der Waals surface area contributed by atoms with Crippen LogP contribution < -0.4 is 5.73 Å². The van der Waals surface area contributed by atoms with E-state index in [-0.39, 0.29) is 0 Å². The minimum atomic E-state index is 0.543. The Morgan fingerprint density at radius 2 is 2.30 bits per heavy atom. The fourth-order valence-electron chi connectivity index (χ4n) is 2.56. The predicted molar refractivity (Wildman–Crippen MR) is 41.7 cm³/mol. The van der Waals surface area contributed by atoms with Crippen LogP contribution in [0, 0.1) is 11.8 Å². The summed E-state index contributed by atoms with van der Waals surface area (Å²) in [7, 11) is 2.22. The van der Waals surface area contributed by atoms with Crippen molar-refractivity contribution in [2.45, 2.75) is 25.4 Å². The van der Waals surface area contributed by atoms with Gasteiger partial charge < -0.3 is 10.6 Å². The summed E-state index contributed by atoms with van der Waals surface area (Å²) in [6, 6.07) is 1.33. The summed E-state index contributed by atoms with van der Waals surface area (Å²) in [6.45, 7) is 3.50. The van der Waals surface area contributed by atoms with Crippen LogP contribution in [-0.4, -0.2) is 30.6 Å². The summed E-state index contributed by atoms with van der Waals surface area (Å²) in [5.41, 5.74) is 5.87. The molecule has 1 saturated carbocycles. The number of piperidine rings is 1. The molecule has 2 rings (SSSR count). The Morgan fingerprint density at radius 3 is 2.70 bits per heavy atom. The van der Waals surface area contributed by atoms with E-state index < -0.39 is 0 Å². The fraction of sp³-hybridized carbons (Fsp3) is 1.00. The van der Waals surface area contributed by atoms with E-state index in [1.165, 1.54) is 13.0 Å². The van der Waals surface area contributed by atoms with Gasteiger partial charge >= 0.3 is 0 Å². The third-order valence-electron chi connectivity index (χ3n) is 3.22. The molecular weight excluding hydrogens is 124 g/mol. The normalized spacial score (nSPS) is 53.1. The summed E-state index contributed by atoms with van der Waals surface area (Å²) in [5.74, 6) is 1.69. The van der Waals surface area contributed by atoms with E-state index >= 15 is 0 Å². The Labute approximate surface area is 62.4 Å². The molecule has 10 heavy (non-hydrogen) atoms. The monoisotopic (exact) mass is 140 g/mol. The van der Waals surface area contributed by atoms with Gasteiger partial charge in [-0.3, -0.25) is 0 Å². The van der Waals surface area contributed by atoms with Crippen molar-refractivity contribution in [1.82, 2.24) is 4.90 Å². The van der Waals surface area contributed by atoms with E-state index in [1.807, 2.05) is 0 Å². The minimum Gasteiger partial charge on any atom is -0.327 e. The van der Waals surface area contributed by atoms with E-state index in [0.29, 0.717) is 6.04 Å². The lowest BCUT2D eigenvalue weighted by atomic mass is 10.1. The number of hydrogen-bond acceptors (Lipinski definition) is 2. The lowest BCUT2D eigenvalue weighted by molar-refractivity contribution is 0.255. The van der Waals surface area contributed by atoms with E-state index in [0.717, 1.165) is 17.9 Å². The van der Waals surface area contributed by atoms with E-state index in [9.17, 15) is 0 Å². The SMILES string of the molecule is CC[C@H]1[C@@H]2[C@H](N)[C@@H]2CN1C. The zero-order valence-corrected chi connectivity index (χ0v) is 6.75. The Kier molecular flexibility index (Phi) is 1.29. The van der Waals surface area contributed by atoms with Crippen LogP contribution in [0.4, 0.5) is 0 Å². The molecule has 4 atom stereocenters. The van der Waals surface area contributed by atoms with Gasteiger partial charge in [-0.25, -0.2) is 0 Å². The molecule has 0 radical (unpaired) electrons. The van der Waals surface area contributed by atoms with Crippen LogP contribution in [0.2, 0.25) is 0 Å². The molecule has 0 aromatic carbocycles. The average molecular weight is 140 g/mol. The van der Waals surface area contributed by atoms with Crippen LogP contribution in [0.15, 0.2) is 0 Å². The maximum Gasteiger partial charge on any atom is 0.0137 e. The molecule has 2 aliphatic rings. The number of hydrogen-bond donors (Lipinski definition) is 1. The second-order valence-corrected chi connectivity index (χ2v) is 3.73. The largest absolute Gasteiger partial charge is 0.327 e. The van der Waals surface area contributed by atoms with Gasteiger partial charge in [0.2, 0.25) is 0 Å². The molecule has 0 aromatic heterocycles. The van der Waals surface area contributed by atoms with Gasteiger partial charge in [0.25, 0.3) is 0 Å². The molecule has 2 heteroatoms. The molecule has 2 fully saturated rings. The summed E-state index contributed by atoms with van der Waals surface area (Å²) in [4.78, 5) is 2.46. The van der Waals surface area contributed by atoms with Crippen LogP contribution in [0.3, 0.4) is 0 Å². The average Bonchev–Trinajstić information content (AvgIpc) is 2.45. The zero-order chi connectivity index (χ0) is 7.30. The minimum absolute atomic E-state index is 0.543. The molecule has 0 bridgehead atoms. The van der Waals surface area contributed by atoms with Gasteiger partial charge in [0, 0.05) is 18.6 Å². The first-order chi connectivity index (χ1) is 4.75. The van der Waals surface area contributed by atoms with Crippen molar-refractivity contribution in [2.75, 3.05) is 13.6 Å². The molecule has 1 heterocycles. The number of rotatable bonds is 1. The van der Waals surface area contributed by atoms with E-state index in [4.69, 9.17) is 5.73 Å². The van der Waals surface area contributed by atoms with Crippen molar-refractivity contribution in [3.63, 3.8) is 0 Å². The van der Waals surface area contributed by atoms with Gasteiger partial charge in [0.05, 0.1) is 0 Å². The first-order valence-corrected chi connectivity index (χ1v) is 4.21. The summed E-state index contributed by atoms with van der Waals surface area (Å²) >= 11 is 0. The van der Waals surface area contributed by atoms with Gasteiger partial charge in [-0.1, -0.05) is 6.92 Å². The Morgan fingerprint density at radius 1 is 1.60 bits per heavy atom. The molecule has 2 nitrogen and oxygen atoms in total. The third-order valence-corrected chi connectivity index (χ3v) is 3.22. The number of fused-ring (bicyclic) bond motifs is 1. The van der Waals surface area contributed by atoms with Gasteiger partial charge in [-0.2, -0.15) is 0 Å². The van der Waals surface area contributed by atoms with Crippen LogP contribution in [0.1, 0.15) is 13.3 Å². The van der Waals surface area contributed by atoms with Crippen LogP contribution in [0.25, 0.3) is 0 Å². The lowest BCUT2D eigenvalue weighted by Gasteiger charge is -2.22. The third kappa shape index (κ3) is 0.663. The molecule has 1 aliphatic carbocycles. The lowest BCUT2D eigenvalue weighted by Crippen LogP contribution is -2.33. The number of nitrogens with zero attached hydrogens (tertiary/aromatic N) is 1. The highest BCUT2D eigenvalue weighted by molar-refractivity contribution is 5.12. The summed E-state index contributed by atoms with van der Waals surface area (Å²) in [5, 5.41) is 0. The summed E-state index contributed by atoms with van der Waals surface area (Å²) in [6.07, 6.45) is 1.27. The Bertz CT molecular complexity index is 146. The molecule has 0 spiro atoms. The molecule has 1 saturated heterocycles. The van der Waals surface area contributed by atoms with Crippen LogP contribution in [0.5, 0.6) is 0 Å². The van der Waals surface area contributed by atoms with Crippen molar-refractivity contribution in [1.29, 1.82) is 0 Å². The first kappa shape index (κ1) is 6.62. The quantitative estimate of drug-likeness (QED) is 0.567. The van der Waals surface area contributed by atoms with Crippen molar-refractivity contribution in [3.05, 3.63) is 0 Å². The molecule has 58 valence electrons. The Hall–Kier alpha value is -0.0800. The molecular formula is C8H16N2. The van der Waals surface area contributed by atoms with Crippen LogP contribution >= 0.6 is 0 Å². The second kappa shape index (κ2) is 1.95. The maximum absolute atomic E-state index is 5.87. The van der Waals surface area contributed by atoms with Crippen molar-refractivity contribution in [2.24, 2.45) is 17.6 Å². The van der Waals surface area contributed by atoms with Crippen molar-refractivity contribution < 1.29 is 0 Å². The van der Waals surface area contributed by atoms with Gasteiger partial charge in [-0.05, 0) is 25.3 Å². The molecule has 0 aromatic rings. The predicted octanol–water partition coefficient (Wildman–Crippen LogP) is 0.284. The Balaban J connectivity index is 2.04. The zero-order valence-electron chi connectivity index (χ0n) is 6.75. The van der Waals surface area contributed by atoms with Crippen LogP contribution in [-0.2, 0) is 0 Å². The summed E-state index contributed by atoms with van der Waals surface area (Å²) < 4.78 is 0. The number of nitrogens with two attached hydrogens (primary N) is 1. The van der Waals surface area contributed by atoms with Gasteiger partial charge in [-0.15, -0.1) is 0 Å². The maximum atomic E-state index is 5.87. The number of likely N-dealkylation sites (tertiary alicyclic amines) is 1. The topological polar surface area (TPSA) is 29.3 Å². The molecule has 0 amide bonds. The van der Waals surface area contributed by atoms with Crippen molar-refractivity contribution in [3.8, 4) is 0 Å². The second-order valence-electron chi connectivity index (χ2n) is 3.73. The molecule has 1 aliphatic heterocycles. The smallest absolute Gasteiger partial charge is 0.0137 e. The van der Waals surface area contributed by atoms with Crippen molar-refractivity contribution >= 4 is 0 Å². The van der Waals surface area contributed by atoms with E-state index in [2.05, 4.69) is 18.9 Å². The highest BCUT2D eigenvalue weighted by Gasteiger charge is 2.57. The van der Waals surface area contributed by atoms with E-state index in [1.54, 1.807) is 0 Å². The van der Waals surface area contributed by atoms with Gasteiger partial charge in [0.1, 0.15) is 0 Å². The molecule has 0 unspecified atom stereocenters. The highest BCUT2D eigenvalue weighted by atomic mass is 15.2. The standard InChI is InChI=1S/C8H16N2/c1-3-6-7-5(8(7)9)4-10(6)2/h5-8H,3-4,9H2,1-2H3/t5-,6+,7-,8-/m1/s1.